The van der Waals surface area contributed by atoms with Crippen LogP contribution in [0, 0.1) is 0 Å². The van der Waals surface area contributed by atoms with Crippen molar-refractivity contribution in [2.45, 2.75) is 13.0 Å². The highest BCUT2D eigenvalue weighted by Gasteiger charge is 2.21. The third-order valence-electron chi connectivity index (χ3n) is 4.52. The standard InChI is InChI=1S/C21H20N4O3S/c22-20(17-7-4-10-23-21(17)28-16-5-2-1-3-6-16)24-27-14-19(26)25-11-8-18-15(13-25)9-12-29-18/h1-7,9-10,12H,8,11,13-14H2,(H2,22,24). The molecule has 8 heteroatoms. The Morgan fingerprint density at radius 2 is 2.07 bits per heavy atom. The van der Waals surface area contributed by atoms with E-state index in [2.05, 4.69) is 21.6 Å². The second-order valence-electron chi connectivity index (χ2n) is 6.46. The van der Waals surface area contributed by atoms with Gasteiger partial charge in [0.25, 0.3) is 5.91 Å². The molecule has 1 amide bonds. The number of rotatable bonds is 6. The fourth-order valence-electron chi connectivity index (χ4n) is 3.03. The molecule has 3 aromatic rings. The van der Waals surface area contributed by atoms with Crippen molar-refractivity contribution in [1.82, 2.24) is 9.88 Å². The van der Waals surface area contributed by atoms with Crippen LogP contribution in [0.5, 0.6) is 11.6 Å². The van der Waals surface area contributed by atoms with Crippen LogP contribution in [0.3, 0.4) is 0 Å². The van der Waals surface area contributed by atoms with Gasteiger partial charge in [-0.25, -0.2) is 4.98 Å². The van der Waals surface area contributed by atoms with E-state index < -0.39 is 0 Å². The molecule has 148 valence electrons. The predicted octanol–water partition coefficient (Wildman–Crippen LogP) is 3.16. The smallest absolute Gasteiger partial charge is 0.263 e. The van der Waals surface area contributed by atoms with Crippen LogP contribution in [0.25, 0.3) is 0 Å². The zero-order valence-electron chi connectivity index (χ0n) is 15.7. The molecule has 2 aromatic heterocycles. The molecule has 0 aliphatic carbocycles. The van der Waals surface area contributed by atoms with Crippen molar-refractivity contribution in [3.05, 3.63) is 76.1 Å². The van der Waals surface area contributed by atoms with Crippen LogP contribution in [0.4, 0.5) is 0 Å². The molecule has 0 spiro atoms. The lowest BCUT2D eigenvalue weighted by Crippen LogP contribution is -2.37. The maximum Gasteiger partial charge on any atom is 0.263 e. The average Bonchev–Trinajstić information content (AvgIpc) is 3.22. The molecule has 0 atom stereocenters. The van der Waals surface area contributed by atoms with Crippen LogP contribution in [0.15, 0.2) is 65.3 Å². The molecule has 1 aliphatic heterocycles. The number of hydrogen-bond donors (Lipinski definition) is 1. The summed E-state index contributed by atoms with van der Waals surface area (Å²) in [4.78, 5) is 25.0. The Balaban J connectivity index is 1.37. The van der Waals surface area contributed by atoms with Crippen molar-refractivity contribution in [1.29, 1.82) is 0 Å². The Morgan fingerprint density at radius 1 is 1.21 bits per heavy atom. The zero-order valence-corrected chi connectivity index (χ0v) is 16.5. The summed E-state index contributed by atoms with van der Waals surface area (Å²) < 4.78 is 5.78. The van der Waals surface area contributed by atoms with E-state index in [-0.39, 0.29) is 18.3 Å². The number of hydrogen-bond acceptors (Lipinski definition) is 6. The first-order chi connectivity index (χ1) is 14.2. The number of pyridine rings is 1. The van der Waals surface area contributed by atoms with E-state index in [1.807, 2.05) is 30.3 Å². The Bertz CT molecular complexity index is 1020. The summed E-state index contributed by atoms with van der Waals surface area (Å²) >= 11 is 1.73. The molecule has 0 radical (unpaired) electrons. The summed E-state index contributed by atoms with van der Waals surface area (Å²) in [5, 5.41) is 5.95. The van der Waals surface area contributed by atoms with Crippen molar-refractivity contribution in [3.8, 4) is 11.6 Å². The van der Waals surface area contributed by atoms with E-state index in [9.17, 15) is 4.79 Å². The van der Waals surface area contributed by atoms with E-state index in [0.29, 0.717) is 30.3 Å². The summed E-state index contributed by atoms with van der Waals surface area (Å²) in [6.45, 7) is 1.12. The van der Waals surface area contributed by atoms with Crippen molar-refractivity contribution < 1.29 is 14.4 Å². The minimum atomic E-state index is -0.171. The molecule has 1 aromatic carbocycles. The van der Waals surface area contributed by atoms with Gasteiger partial charge < -0.3 is 20.2 Å². The first-order valence-electron chi connectivity index (χ1n) is 9.17. The lowest BCUT2D eigenvalue weighted by atomic mass is 10.1. The number of amidine groups is 1. The van der Waals surface area contributed by atoms with Gasteiger partial charge in [-0.2, -0.15) is 0 Å². The minimum absolute atomic E-state index is 0.0931. The number of carbonyl (C=O) groups is 1. The maximum absolute atomic E-state index is 12.4. The Labute approximate surface area is 172 Å². The van der Waals surface area contributed by atoms with Crippen LogP contribution in [0.1, 0.15) is 16.0 Å². The van der Waals surface area contributed by atoms with Gasteiger partial charge in [-0.1, -0.05) is 23.4 Å². The molecule has 29 heavy (non-hydrogen) atoms. The number of carbonyl (C=O) groups excluding carboxylic acids is 1. The summed E-state index contributed by atoms with van der Waals surface area (Å²) in [6.07, 6.45) is 2.48. The fraction of sp³-hybridized carbons (Fsp3) is 0.190. The van der Waals surface area contributed by atoms with E-state index >= 15 is 0 Å². The van der Waals surface area contributed by atoms with Crippen LogP contribution >= 0.6 is 11.3 Å². The quantitative estimate of drug-likeness (QED) is 0.384. The van der Waals surface area contributed by atoms with Crippen molar-refractivity contribution >= 4 is 23.1 Å². The molecule has 0 saturated carbocycles. The van der Waals surface area contributed by atoms with Gasteiger partial charge in [-0.15, -0.1) is 11.3 Å². The van der Waals surface area contributed by atoms with Crippen LogP contribution in [-0.4, -0.2) is 34.8 Å². The predicted molar refractivity (Wildman–Crippen MR) is 111 cm³/mol. The van der Waals surface area contributed by atoms with E-state index in [1.165, 1.54) is 10.4 Å². The first kappa shape index (κ1) is 18.9. The molecule has 3 heterocycles. The lowest BCUT2D eigenvalue weighted by Gasteiger charge is -2.26. The number of amides is 1. The number of ether oxygens (including phenoxy) is 1. The van der Waals surface area contributed by atoms with Gasteiger partial charge >= 0.3 is 0 Å². The zero-order chi connectivity index (χ0) is 20.1. The number of thiophene rings is 1. The molecule has 2 N–H and O–H groups in total. The van der Waals surface area contributed by atoms with Gasteiger partial charge in [0, 0.05) is 24.2 Å². The van der Waals surface area contributed by atoms with Gasteiger partial charge in [0.15, 0.2) is 12.4 Å². The largest absolute Gasteiger partial charge is 0.438 e. The van der Waals surface area contributed by atoms with Crippen molar-refractivity contribution in [2.24, 2.45) is 10.9 Å². The van der Waals surface area contributed by atoms with Gasteiger partial charge in [0.05, 0.1) is 5.56 Å². The summed E-state index contributed by atoms with van der Waals surface area (Å²) in [5.74, 6) is 0.922. The molecule has 7 nitrogen and oxygen atoms in total. The number of oxime groups is 1. The van der Waals surface area contributed by atoms with Crippen molar-refractivity contribution in [3.63, 3.8) is 0 Å². The molecule has 4 rings (SSSR count). The number of nitrogens with zero attached hydrogens (tertiary/aromatic N) is 3. The molecule has 0 bridgehead atoms. The molecular formula is C21H20N4O3S. The second kappa shape index (κ2) is 8.74. The number of benzene rings is 1. The fourth-order valence-corrected chi connectivity index (χ4v) is 3.92. The summed E-state index contributed by atoms with van der Waals surface area (Å²) in [7, 11) is 0. The van der Waals surface area contributed by atoms with Gasteiger partial charge in [-0.05, 0) is 47.7 Å². The topological polar surface area (TPSA) is 90.0 Å². The minimum Gasteiger partial charge on any atom is -0.438 e. The third kappa shape index (κ3) is 4.55. The number of aromatic nitrogens is 1. The molecule has 0 fully saturated rings. The molecule has 1 aliphatic rings. The Morgan fingerprint density at radius 3 is 2.93 bits per heavy atom. The Hall–Kier alpha value is -3.39. The van der Waals surface area contributed by atoms with Crippen LogP contribution in [0.2, 0.25) is 0 Å². The lowest BCUT2D eigenvalue weighted by molar-refractivity contribution is -0.137. The van der Waals surface area contributed by atoms with E-state index in [1.54, 1.807) is 34.6 Å². The second-order valence-corrected chi connectivity index (χ2v) is 7.46. The maximum atomic E-state index is 12.4. The van der Waals surface area contributed by atoms with E-state index in [4.69, 9.17) is 15.3 Å². The van der Waals surface area contributed by atoms with Crippen LogP contribution < -0.4 is 10.5 Å². The van der Waals surface area contributed by atoms with Gasteiger partial charge in [0.1, 0.15) is 5.75 Å². The molecule has 0 saturated heterocycles. The normalized spacial score (nSPS) is 13.7. The van der Waals surface area contributed by atoms with E-state index in [0.717, 1.165) is 6.42 Å². The third-order valence-corrected chi connectivity index (χ3v) is 5.54. The highest BCUT2D eigenvalue weighted by Crippen LogP contribution is 2.24. The number of fused-ring (bicyclic) bond motifs is 1. The SMILES string of the molecule is N/C(=N/OCC(=O)N1CCc2sccc2C1)c1cccnc1Oc1ccccc1. The monoisotopic (exact) mass is 408 g/mol. The van der Waals surface area contributed by atoms with Gasteiger partial charge in [-0.3, -0.25) is 4.79 Å². The van der Waals surface area contributed by atoms with Crippen LogP contribution in [-0.2, 0) is 22.6 Å². The molecule has 0 unspecified atom stereocenters. The average molecular weight is 408 g/mol. The highest BCUT2D eigenvalue weighted by molar-refractivity contribution is 7.10. The Kier molecular flexibility index (Phi) is 5.71. The van der Waals surface area contributed by atoms with Crippen molar-refractivity contribution in [2.75, 3.05) is 13.2 Å². The highest BCUT2D eigenvalue weighted by atomic mass is 32.1. The molecular weight excluding hydrogens is 388 g/mol. The van der Waals surface area contributed by atoms with Gasteiger partial charge in [0.2, 0.25) is 5.88 Å². The summed E-state index contributed by atoms with van der Waals surface area (Å²) in [5.41, 5.74) is 7.74. The number of nitrogens with two attached hydrogens (primary N) is 1. The first-order valence-corrected chi connectivity index (χ1v) is 10.1. The number of para-hydroxylation sites is 1. The summed E-state index contributed by atoms with van der Waals surface area (Å²) in [6, 6.07) is 14.8.